The highest BCUT2D eigenvalue weighted by atomic mass is 35.5. The van der Waals surface area contributed by atoms with E-state index in [0.29, 0.717) is 29.7 Å². The van der Waals surface area contributed by atoms with E-state index < -0.39 is 12.2 Å². The van der Waals surface area contributed by atoms with Gasteiger partial charge in [-0.2, -0.15) is 0 Å². The molecule has 0 aromatic heterocycles. The van der Waals surface area contributed by atoms with Crippen LogP contribution in [-0.2, 0) is 6.54 Å². The Morgan fingerprint density at radius 2 is 1.61 bits per heavy atom. The number of hydrogen-bond acceptors (Lipinski definition) is 3. The number of hydrogen-bond donors (Lipinski definition) is 2. The zero-order valence-corrected chi connectivity index (χ0v) is 12.1. The van der Waals surface area contributed by atoms with Crippen LogP contribution in [0.1, 0.15) is 19.4 Å². The number of rotatable bonds is 6. The lowest BCUT2D eigenvalue weighted by molar-refractivity contribution is 0.0794. The first-order valence-electron chi connectivity index (χ1n) is 5.91. The molecule has 0 aliphatic carbocycles. The molecule has 2 N–H and O–H groups in total. The van der Waals surface area contributed by atoms with Crippen molar-refractivity contribution in [2.24, 2.45) is 0 Å². The highest BCUT2D eigenvalue weighted by Crippen LogP contribution is 2.23. The summed E-state index contributed by atoms with van der Waals surface area (Å²) in [5.41, 5.74) is 1.01. The zero-order valence-electron chi connectivity index (χ0n) is 10.6. The molecule has 0 fully saturated rings. The van der Waals surface area contributed by atoms with Crippen molar-refractivity contribution in [2.75, 3.05) is 13.1 Å². The summed E-state index contributed by atoms with van der Waals surface area (Å²) in [6.07, 6.45) is -0.877. The molecule has 0 unspecified atom stereocenters. The zero-order chi connectivity index (χ0) is 13.7. The molecule has 0 bridgehead atoms. The number of benzene rings is 1. The Kier molecular flexibility index (Phi) is 6.39. The van der Waals surface area contributed by atoms with Crippen LogP contribution in [0.4, 0.5) is 0 Å². The van der Waals surface area contributed by atoms with Gasteiger partial charge in [-0.1, -0.05) is 29.3 Å². The van der Waals surface area contributed by atoms with E-state index in [0.717, 1.165) is 5.56 Å². The van der Waals surface area contributed by atoms with Crippen LogP contribution in [0, 0.1) is 0 Å². The van der Waals surface area contributed by atoms with E-state index >= 15 is 0 Å². The van der Waals surface area contributed by atoms with E-state index in [4.69, 9.17) is 23.2 Å². The topological polar surface area (TPSA) is 43.7 Å². The van der Waals surface area contributed by atoms with Crippen LogP contribution in [0.25, 0.3) is 0 Å². The van der Waals surface area contributed by atoms with Crippen molar-refractivity contribution in [1.82, 2.24) is 4.90 Å². The molecule has 1 aromatic carbocycles. The fourth-order valence-corrected chi connectivity index (χ4v) is 2.17. The van der Waals surface area contributed by atoms with Gasteiger partial charge in [-0.15, -0.1) is 0 Å². The molecular formula is C13H19Cl2NO2. The number of aliphatic hydroxyl groups is 2. The molecule has 0 aliphatic heterocycles. The van der Waals surface area contributed by atoms with Gasteiger partial charge in [0.2, 0.25) is 0 Å². The Morgan fingerprint density at radius 3 is 2.06 bits per heavy atom. The molecule has 102 valence electrons. The van der Waals surface area contributed by atoms with E-state index in [1.165, 1.54) is 0 Å². The van der Waals surface area contributed by atoms with Gasteiger partial charge in [-0.25, -0.2) is 0 Å². The molecule has 0 heterocycles. The van der Waals surface area contributed by atoms with Crippen LogP contribution >= 0.6 is 23.2 Å². The molecule has 3 nitrogen and oxygen atoms in total. The predicted octanol–water partition coefficient (Wildman–Crippen LogP) is 2.56. The molecule has 0 saturated heterocycles. The van der Waals surface area contributed by atoms with Gasteiger partial charge in [0.05, 0.1) is 22.3 Å². The third kappa shape index (κ3) is 5.55. The third-order valence-electron chi connectivity index (χ3n) is 2.44. The Hall–Kier alpha value is -0.320. The SMILES string of the molecule is C[C@@H](O)CN(Cc1ccc(Cl)c(Cl)c1)C[C@@H](C)O. The summed E-state index contributed by atoms with van der Waals surface area (Å²) in [7, 11) is 0. The van der Waals surface area contributed by atoms with E-state index in [1.807, 2.05) is 11.0 Å². The minimum absolute atomic E-state index is 0.438. The van der Waals surface area contributed by atoms with Crippen molar-refractivity contribution in [1.29, 1.82) is 0 Å². The standard InChI is InChI=1S/C13H19Cl2NO2/c1-9(17)6-16(7-10(2)18)8-11-3-4-12(14)13(15)5-11/h3-5,9-10,17-18H,6-8H2,1-2H3/t9-,10-/m1/s1. The van der Waals surface area contributed by atoms with E-state index in [2.05, 4.69) is 0 Å². The number of aliphatic hydroxyl groups excluding tert-OH is 2. The summed E-state index contributed by atoms with van der Waals surface area (Å²) >= 11 is 11.8. The minimum atomic E-state index is -0.438. The van der Waals surface area contributed by atoms with E-state index in [1.54, 1.807) is 26.0 Å². The smallest absolute Gasteiger partial charge is 0.0639 e. The molecule has 0 saturated carbocycles. The van der Waals surface area contributed by atoms with Crippen LogP contribution < -0.4 is 0 Å². The van der Waals surface area contributed by atoms with Crippen molar-refractivity contribution in [3.8, 4) is 0 Å². The lowest BCUT2D eigenvalue weighted by Crippen LogP contribution is -2.35. The molecule has 0 spiro atoms. The van der Waals surface area contributed by atoms with Gasteiger partial charge < -0.3 is 10.2 Å². The first-order chi connectivity index (χ1) is 8.38. The summed E-state index contributed by atoms with van der Waals surface area (Å²) < 4.78 is 0. The van der Waals surface area contributed by atoms with Gasteiger partial charge in [0.15, 0.2) is 0 Å². The normalized spacial score (nSPS) is 14.8. The van der Waals surface area contributed by atoms with Gasteiger partial charge in [0.1, 0.15) is 0 Å². The Morgan fingerprint density at radius 1 is 1.06 bits per heavy atom. The fraction of sp³-hybridized carbons (Fsp3) is 0.538. The van der Waals surface area contributed by atoms with Crippen LogP contribution in [0.2, 0.25) is 10.0 Å². The second kappa shape index (κ2) is 7.31. The quantitative estimate of drug-likeness (QED) is 0.847. The van der Waals surface area contributed by atoms with Crippen LogP contribution in [0.5, 0.6) is 0 Å². The largest absolute Gasteiger partial charge is 0.392 e. The average Bonchev–Trinajstić information content (AvgIpc) is 2.21. The van der Waals surface area contributed by atoms with Crippen LogP contribution in [0.15, 0.2) is 18.2 Å². The maximum Gasteiger partial charge on any atom is 0.0639 e. The van der Waals surface area contributed by atoms with Crippen molar-refractivity contribution in [2.45, 2.75) is 32.6 Å². The summed E-state index contributed by atoms with van der Waals surface area (Å²) in [4.78, 5) is 1.98. The minimum Gasteiger partial charge on any atom is -0.392 e. The highest BCUT2D eigenvalue weighted by Gasteiger charge is 2.12. The molecule has 1 rings (SSSR count). The Bertz CT molecular complexity index is 373. The van der Waals surface area contributed by atoms with Crippen LogP contribution in [-0.4, -0.2) is 40.4 Å². The summed E-state index contributed by atoms with van der Waals surface area (Å²) in [5, 5.41) is 19.9. The lowest BCUT2D eigenvalue weighted by Gasteiger charge is -2.25. The molecule has 0 radical (unpaired) electrons. The number of halogens is 2. The fourth-order valence-electron chi connectivity index (χ4n) is 1.85. The number of nitrogens with zero attached hydrogens (tertiary/aromatic N) is 1. The summed E-state index contributed by atoms with van der Waals surface area (Å²) in [6.45, 7) is 5.08. The first kappa shape index (κ1) is 15.7. The molecule has 0 amide bonds. The van der Waals surface area contributed by atoms with Crippen molar-refractivity contribution < 1.29 is 10.2 Å². The molecule has 5 heteroatoms. The summed E-state index contributed by atoms with van der Waals surface area (Å²) in [5.74, 6) is 0. The van der Waals surface area contributed by atoms with Gasteiger partial charge in [0.25, 0.3) is 0 Å². The van der Waals surface area contributed by atoms with Gasteiger partial charge in [-0.05, 0) is 31.5 Å². The average molecular weight is 292 g/mol. The second-order valence-electron chi connectivity index (χ2n) is 4.64. The van der Waals surface area contributed by atoms with Gasteiger partial charge in [0, 0.05) is 19.6 Å². The lowest BCUT2D eigenvalue weighted by atomic mass is 10.2. The first-order valence-corrected chi connectivity index (χ1v) is 6.66. The maximum atomic E-state index is 9.44. The van der Waals surface area contributed by atoms with E-state index in [9.17, 15) is 10.2 Å². The van der Waals surface area contributed by atoms with Gasteiger partial charge in [-0.3, -0.25) is 4.90 Å². The van der Waals surface area contributed by atoms with Crippen molar-refractivity contribution >= 4 is 23.2 Å². The maximum absolute atomic E-state index is 9.44. The Balaban J connectivity index is 2.71. The molecule has 2 atom stereocenters. The molecule has 18 heavy (non-hydrogen) atoms. The van der Waals surface area contributed by atoms with Gasteiger partial charge >= 0.3 is 0 Å². The van der Waals surface area contributed by atoms with Crippen LogP contribution in [0.3, 0.4) is 0 Å². The predicted molar refractivity (Wildman–Crippen MR) is 75.1 cm³/mol. The monoisotopic (exact) mass is 291 g/mol. The second-order valence-corrected chi connectivity index (χ2v) is 5.45. The molecule has 0 aliphatic rings. The van der Waals surface area contributed by atoms with Crippen molar-refractivity contribution in [3.63, 3.8) is 0 Å². The summed E-state index contributed by atoms with van der Waals surface area (Å²) in [6, 6.07) is 5.45. The molecule has 1 aromatic rings. The Labute approximate surface area is 118 Å². The third-order valence-corrected chi connectivity index (χ3v) is 3.17. The highest BCUT2D eigenvalue weighted by molar-refractivity contribution is 6.42. The van der Waals surface area contributed by atoms with Crippen molar-refractivity contribution in [3.05, 3.63) is 33.8 Å². The molecular weight excluding hydrogens is 273 g/mol. The van der Waals surface area contributed by atoms with E-state index in [-0.39, 0.29) is 0 Å².